The molecule has 1 saturated carbocycles. The molecule has 1 aromatic rings. The van der Waals surface area contributed by atoms with Gasteiger partial charge in [0, 0.05) is 12.1 Å². The highest BCUT2D eigenvalue weighted by atomic mass is 14.9. The molecule has 0 saturated heterocycles. The van der Waals surface area contributed by atoms with E-state index in [9.17, 15) is 0 Å². The lowest BCUT2D eigenvalue weighted by atomic mass is 9.75. The maximum atomic E-state index is 3.64. The van der Waals surface area contributed by atoms with E-state index in [2.05, 4.69) is 57.3 Å². The molecule has 1 N–H and O–H groups in total. The smallest absolute Gasteiger partial charge is 0.0107 e. The first kappa shape index (κ1) is 13.6. The van der Waals surface area contributed by atoms with Crippen LogP contribution < -0.4 is 5.32 Å². The third-order valence-corrected chi connectivity index (χ3v) is 4.38. The van der Waals surface area contributed by atoms with Crippen LogP contribution in [-0.4, -0.2) is 12.1 Å². The van der Waals surface area contributed by atoms with E-state index in [0.717, 1.165) is 5.92 Å². The Kier molecular flexibility index (Phi) is 4.45. The molecule has 2 rings (SSSR count). The SMILES string of the molecule is CC(C)NC(C)C(C)c1ccccc1C1CCC1. The fraction of sp³-hybridized carbons (Fsp3) is 0.647. The molecule has 1 nitrogen and oxygen atoms in total. The Balaban J connectivity index is 2.15. The molecular weight excluding hydrogens is 218 g/mol. The second-order valence-electron chi connectivity index (χ2n) is 6.16. The highest BCUT2D eigenvalue weighted by molar-refractivity contribution is 5.35. The molecule has 2 unspecified atom stereocenters. The van der Waals surface area contributed by atoms with Gasteiger partial charge in [0.05, 0.1) is 0 Å². The van der Waals surface area contributed by atoms with Gasteiger partial charge in [-0.2, -0.15) is 0 Å². The van der Waals surface area contributed by atoms with Crippen LogP contribution in [0, 0.1) is 0 Å². The van der Waals surface area contributed by atoms with Crippen LogP contribution in [0.1, 0.15) is 69.9 Å². The lowest BCUT2D eigenvalue weighted by Gasteiger charge is -2.32. The summed E-state index contributed by atoms with van der Waals surface area (Å²) in [4.78, 5) is 0. The van der Waals surface area contributed by atoms with Crippen molar-refractivity contribution in [1.82, 2.24) is 5.32 Å². The molecule has 1 aromatic carbocycles. The minimum atomic E-state index is 0.534. The van der Waals surface area contributed by atoms with Crippen LogP contribution in [0.5, 0.6) is 0 Å². The zero-order valence-corrected chi connectivity index (χ0v) is 12.2. The van der Waals surface area contributed by atoms with Gasteiger partial charge in [-0.25, -0.2) is 0 Å². The Bertz CT molecular complexity index is 379. The maximum absolute atomic E-state index is 3.64. The van der Waals surface area contributed by atoms with Crippen molar-refractivity contribution < 1.29 is 0 Å². The molecule has 0 aromatic heterocycles. The van der Waals surface area contributed by atoms with Crippen LogP contribution in [0.15, 0.2) is 24.3 Å². The molecule has 100 valence electrons. The number of nitrogens with one attached hydrogen (secondary N) is 1. The number of benzene rings is 1. The molecule has 18 heavy (non-hydrogen) atoms. The molecule has 0 aliphatic heterocycles. The average Bonchev–Trinajstić information content (AvgIpc) is 2.25. The standard InChI is InChI=1S/C17H27N/c1-12(2)18-14(4)13(3)16-10-5-6-11-17(16)15-8-7-9-15/h5-6,10-15,18H,7-9H2,1-4H3. The van der Waals surface area contributed by atoms with Gasteiger partial charge in [0.2, 0.25) is 0 Å². The molecule has 0 spiro atoms. The number of hydrogen-bond donors (Lipinski definition) is 1. The molecular formula is C17H27N. The zero-order valence-electron chi connectivity index (χ0n) is 12.2. The first-order valence-electron chi connectivity index (χ1n) is 7.44. The number of rotatable bonds is 5. The van der Waals surface area contributed by atoms with Gasteiger partial charge in [-0.1, -0.05) is 51.5 Å². The van der Waals surface area contributed by atoms with E-state index in [-0.39, 0.29) is 0 Å². The molecule has 1 aliphatic carbocycles. The molecule has 2 atom stereocenters. The summed E-state index contributed by atoms with van der Waals surface area (Å²) >= 11 is 0. The van der Waals surface area contributed by atoms with E-state index < -0.39 is 0 Å². The maximum Gasteiger partial charge on any atom is 0.0107 e. The van der Waals surface area contributed by atoms with Crippen molar-refractivity contribution in [1.29, 1.82) is 0 Å². The van der Waals surface area contributed by atoms with E-state index in [4.69, 9.17) is 0 Å². The van der Waals surface area contributed by atoms with E-state index in [1.807, 2.05) is 0 Å². The summed E-state index contributed by atoms with van der Waals surface area (Å²) in [7, 11) is 0. The van der Waals surface area contributed by atoms with E-state index in [0.29, 0.717) is 18.0 Å². The van der Waals surface area contributed by atoms with Crippen LogP contribution in [0.3, 0.4) is 0 Å². The Morgan fingerprint density at radius 1 is 1.06 bits per heavy atom. The van der Waals surface area contributed by atoms with Crippen molar-refractivity contribution in [3.05, 3.63) is 35.4 Å². The third kappa shape index (κ3) is 2.95. The zero-order chi connectivity index (χ0) is 13.1. The predicted octanol–water partition coefficient (Wildman–Crippen LogP) is 4.44. The van der Waals surface area contributed by atoms with E-state index in [1.54, 1.807) is 11.1 Å². The predicted molar refractivity (Wildman–Crippen MR) is 79.2 cm³/mol. The Morgan fingerprint density at radius 3 is 2.28 bits per heavy atom. The van der Waals surface area contributed by atoms with E-state index >= 15 is 0 Å². The van der Waals surface area contributed by atoms with Gasteiger partial charge in [0.15, 0.2) is 0 Å². The molecule has 1 aliphatic rings. The molecule has 0 bridgehead atoms. The van der Waals surface area contributed by atoms with Crippen LogP contribution in [0.2, 0.25) is 0 Å². The fourth-order valence-corrected chi connectivity index (χ4v) is 2.96. The summed E-state index contributed by atoms with van der Waals surface area (Å²) in [6.45, 7) is 9.11. The van der Waals surface area contributed by atoms with Gasteiger partial charge >= 0.3 is 0 Å². The minimum Gasteiger partial charge on any atom is -0.311 e. The summed E-state index contributed by atoms with van der Waals surface area (Å²) in [6.07, 6.45) is 4.18. The molecule has 0 radical (unpaired) electrons. The Morgan fingerprint density at radius 2 is 1.72 bits per heavy atom. The topological polar surface area (TPSA) is 12.0 Å². The summed E-state index contributed by atoms with van der Waals surface area (Å²) < 4.78 is 0. The van der Waals surface area contributed by atoms with Crippen molar-refractivity contribution in [2.45, 2.75) is 70.9 Å². The molecule has 0 amide bonds. The normalized spacial score (nSPS) is 19.6. The van der Waals surface area contributed by atoms with Crippen LogP contribution >= 0.6 is 0 Å². The Hall–Kier alpha value is -0.820. The van der Waals surface area contributed by atoms with Crippen molar-refractivity contribution in [3.8, 4) is 0 Å². The van der Waals surface area contributed by atoms with Crippen LogP contribution in [0.4, 0.5) is 0 Å². The van der Waals surface area contributed by atoms with Gasteiger partial charge < -0.3 is 5.32 Å². The highest BCUT2D eigenvalue weighted by Gasteiger charge is 2.25. The largest absolute Gasteiger partial charge is 0.311 e. The van der Waals surface area contributed by atoms with E-state index in [1.165, 1.54) is 19.3 Å². The minimum absolute atomic E-state index is 0.534. The number of hydrogen-bond acceptors (Lipinski definition) is 1. The van der Waals surface area contributed by atoms with Crippen molar-refractivity contribution in [2.75, 3.05) is 0 Å². The summed E-state index contributed by atoms with van der Waals surface area (Å²) in [5.74, 6) is 1.42. The molecule has 1 heteroatoms. The van der Waals surface area contributed by atoms with Crippen LogP contribution in [-0.2, 0) is 0 Å². The molecule has 1 fully saturated rings. The van der Waals surface area contributed by atoms with Crippen molar-refractivity contribution >= 4 is 0 Å². The van der Waals surface area contributed by atoms with Gasteiger partial charge in [0.1, 0.15) is 0 Å². The van der Waals surface area contributed by atoms with Crippen molar-refractivity contribution in [3.63, 3.8) is 0 Å². The molecule has 0 heterocycles. The van der Waals surface area contributed by atoms with Gasteiger partial charge in [-0.3, -0.25) is 0 Å². The lowest BCUT2D eigenvalue weighted by molar-refractivity contribution is 0.403. The van der Waals surface area contributed by atoms with Gasteiger partial charge in [-0.15, -0.1) is 0 Å². The summed E-state index contributed by atoms with van der Waals surface area (Å²) in [5, 5.41) is 3.64. The lowest BCUT2D eigenvalue weighted by Crippen LogP contribution is -2.36. The first-order valence-corrected chi connectivity index (χ1v) is 7.44. The van der Waals surface area contributed by atoms with Crippen molar-refractivity contribution in [2.24, 2.45) is 0 Å². The fourth-order valence-electron chi connectivity index (χ4n) is 2.96. The summed E-state index contributed by atoms with van der Waals surface area (Å²) in [6, 6.07) is 10.2. The van der Waals surface area contributed by atoms with Crippen LogP contribution in [0.25, 0.3) is 0 Å². The second-order valence-corrected chi connectivity index (χ2v) is 6.16. The summed E-state index contributed by atoms with van der Waals surface area (Å²) in [5.41, 5.74) is 3.16. The monoisotopic (exact) mass is 245 g/mol. The first-order chi connectivity index (χ1) is 8.59. The Labute approximate surface area is 112 Å². The van der Waals surface area contributed by atoms with Gasteiger partial charge in [-0.05, 0) is 42.7 Å². The average molecular weight is 245 g/mol. The highest BCUT2D eigenvalue weighted by Crippen LogP contribution is 2.40. The quantitative estimate of drug-likeness (QED) is 0.808. The third-order valence-electron chi connectivity index (χ3n) is 4.38. The second kappa shape index (κ2) is 5.88. The van der Waals surface area contributed by atoms with Gasteiger partial charge in [0.25, 0.3) is 0 Å².